The highest BCUT2D eigenvalue weighted by Gasteiger charge is 2.44. The number of carbonyl (C=O) groups is 1. The maximum Gasteiger partial charge on any atom is 0.237 e. The van der Waals surface area contributed by atoms with E-state index in [-0.39, 0.29) is 34.8 Å². The summed E-state index contributed by atoms with van der Waals surface area (Å²) in [5.41, 5.74) is 9.69. The third-order valence-corrected chi connectivity index (χ3v) is 6.62. The van der Waals surface area contributed by atoms with Gasteiger partial charge in [-0.3, -0.25) is 9.48 Å². The molecule has 1 saturated carbocycles. The van der Waals surface area contributed by atoms with Crippen molar-refractivity contribution in [1.29, 1.82) is 0 Å². The van der Waals surface area contributed by atoms with Crippen molar-refractivity contribution in [2.45, 2.75) is 19.3 Å². The van der Waals surface area contributed by atoms with Crippen LogP contribution in [0.1, 0.15) is 23.5 Å². The van der Waals surface area contributed by atoms with Crippen molar-refractivity contribution in [3.8, 4) is 17.0 Å². The largest absolute Gasteiger partial charge is 0.474 e. The second-order valence-corrected chi connectivity index (χ2v) is 8.96. The zero-order valence-electron chi connectivity index (χ0n) is 19.2. The summed E-state index contributed by atoms with van der Waals surface area (Å²) in [4.78, 5) is 17.1. The van der Waals surface area contributed by atoms with Crippen molar-refractivity contribution in [3.05, 3.63) is 47.7 Å². The molecule has 0 unspecified atom stereocenters. The second-order valence-electron chi connectivity index (χ2n) is 8.96. The van der Waals surface area contributed by atoms with Crippen molar-refractivity contribution in [3.63, 3.8) is 0 Å². The quantitative estimate of drug-likeness (QED) is 0.385. The summed E-state index contributed by atoms with van der Waals surface area (Å²) >= 11 is 0. The Morgan fingerprint density at radius 2 is 2.14 bits per heavy atom. The van der Waals surface area contributed by atoms with Gasteiger partial charge in [-0.25, -0.2) is 9.37 Å². The van der Waals surface area contributed by atoms with E-state index in [2.05, 4.69) is 30.9 Å². The van der Waals surface area contributed by atoms with Crippen LogP contribution in [0.5, 0.6) is 5.88 Å². The summed E-state index contributed by atoms with van der Waals surface area (Å²) in [6.45, 7) is 3.04. The summed E-state index contributed by atoms with van der Waals surface area (Å²) in [7, 11) is 1.85. The van der Waals surface area contributed by atoms with Gasteiger partial charge < -0.3 is 21.1 Å². The molecule has 0 radical (unpaired) electrons. The van der Waals surface area contributed by atoms with Crippen LogP contribution in [-0.2, 0) is 11.8 Å². The van der Waals surface area contributed by atoms with Gasteiger partial charge in [-0.05, 0) is 42.5 Å². The molecule has 1 aliphatic heterocycles. The molecule has 1 aromatic carbocycles. The highest BCUT2D eigenvalue weighted by molar-refractivity contribution is 5.99. The summed E-state index contributed by atoms with van der Waals surface area (Å²) in [5.74, 6) is 0.0416. The topological polar surface area (TPSA) is 133 Å². The van der Waals surface area contributed by atoms with Crippen LogP contribution in [0.15, 0.2) is 30.7 Å². The lowest BCUT2D eigenvalue weighted by Crippen LogP contribution is -2.20. The van der Waals surface area contributed by atoms with E-state index in [4.69, 9.17) is 10.5 Å². The normalized spacial score (nSPS) is 18.5. The van der Waals surface area contributed by atoms with Crippen LogP contribution >= 0.6 is 0 Å². The number of aromatic nitrogens is 5. The van der Waals surface area contributed by atoms with Crippen molar-refractivity contribution in [2.24, 2.45) is 13.0 Å². The van der Waals surface area contributed by atoms with Gasteiger partial charge in [-0.1, -0.05) is 0 Å². The molecule has 6 rings (SSSR count). The minimum absolute atomic E-state index is 0.108. The fourth-order valence-corrected chi connectivity index (χ4v) is 4.65. The molecule has 2 atom stereocenters. The number of carbonyl (C=O) groups excluding carboxylic acids is 1. The lowest BCUT2D eigenvalue weighted by molar-refractivity contribution is -0.117. The molecule has 3 aromatic heterocycles. The van der Waals surface area contributed by atoms with Gasteiger partial charge in [0.2, 0.25) is 11.8 Å². The number of pyridine rings is 1. The zero-order valence-corrected chi connectivity index (χ0v) is 19.2. The molecule has 35 heavy (non-hydrogen) atoms. The SMILES string of the molecule is Cc1c(-c2cc3cc(NC(=O)[C@H]4C[C@@H]4c4cnn(C)c4)nnc3c(N)c2F)cnc2c1NCCO2. The molecule has 1 aliphatic carbocycles. The molecule has 1 amide bonds. The van der Waals surface area contributed by atoms with Gasteiger partial charge in [0.05, 0.1) is 11.9 Å². The van der Waals surface area contributed by atoms with Gasteiger partial charge >= 0.3 is 0 Å². The number of benzene rings is 1. The Hall–Kier alpha value is -4.28. The molecule has 178 valence electrons. The molecule has 0 saturated heterocycles. The molecular formula is C24H23FN8O2. The lowest BCUT2D eigenvalue weighted by Gasteiger charge is -2.22. The number of anilines is 3. The lowest BCUT2D eigenvalue weighted by atomic mass is 9.98. The van der Waals surface area contributed by atoms with Crippen molar-refractivity contribution < 1.29 is 13.9 Å². The highest BCUT2D eigenvalue weighted by atomic mass is 19.1. The third kappa shape index (κ3) is 3.59. The van der Waals surface area contributed by atoms with E-state index >= 15 is 4.39 Å². The monoisotopic (exact) mass is 474 g/mol. The Bertz CT molecular complexity index is 1500. The molecule has 11 heteroatoms. The van der Waals surface area contributed by atoms with Crippen LogP contribution in [0, 0.1) is 18.7 Å². The van der Waals surface area contributed by atoms with Gasteiger partial charge in [0.25, 0.3) is 0 Å². The van der Waals surface area contributed by atoms with Gasteiger partial charge in [0, 0.05) is 48.4 Å². The predicted octanol–water partition coefficient (Wildman–Crippen LogP) is 3.00. The van der Waals surface area contributed by atoms with Crippen LogP contribution in [0.4, 0.5) is 21.6 Å². The zero-order chi connectivity index (χ0) is 24.3. The third-order valence-electron chi connectivity index (χ3n) is 6.62. The van der Waals surface area contributed by atoms with Crippen molar-refractivity contribution >= 4 is 34.0 Å². The van der Waals surface area contributed by atoms with E-state index < -0.39 is 5.82 Å². The van der Waals surface area contributed by atoms with E-state index in [1.165, 1.54) is 0 Å². The maximum atomic E-state index is 15.3. The second kappa shape index (κ2) is 7.90. The molecule has 4 N–H and O–H groups in total. The van der Waals surface area contributed by atoms with E-state index in [1.807, 2.05) is 20.2 Å². The first-order chi connectivity index (χ1) is 16.9. The fourth-order valence-electron chi connectivity index (χ4n) is 4.65. The van der Waals surface area contributed by atoms with Gasteiger partial charge in [-0.15, -0.1) is 10.2 Å². The molecule has 0 bridgehead atoms. The van der Waals surface area contributed by atoms with Crippen molar-refractivity contribution in [2.75, 3.05) is 29.5 Å². The van der Waals surface area contributed by atoms with Crippen LogP contribution < -0.4 is 21.1 Å². The number of aryl methyl sites for hydroxylation is 1. The number of nitrogen functional groups attached to an aromatic ring is 1. The van der Waals surface area contributed by atoms with Crippen LogP contribution in [0.2, 0.25) is 0 Å². The summed E-state index contributed by atoms with van der Waals surface area (Å²) in [6.07, 6.45) is 6.04. The standard InChI is InChI=1S/C24H23FN8O2/c1-11-17(9-28-24-21(11)27-3-4-35-24)15-5-12-6-18(31-32-22(12)20(26)19(15)25)30-23(34)16-7-14(16)13-8-29-33(2)10-13/h5-6,8-10,14,16,27H,3-4,7,26H2,1-2H3,(H,30,31,34)/t14-,16+/m1/s1. The highest BCUT2D eigenvalue weighted by Crippen LogP contribution is 2.48. The fraction of sp³-hybridized carbons (Fsp3) is 0.292. The van der Waals surface area contributed by atoms with E-state index in [0.717, 1.165) is 23.2 Å². The molecule has 4 aromatic rings. The van der Waals surface area contributed by atoms with E-state index in [0.29, 0.717) is 35.5 Å². The van der Waals surface area contributed by atoms with E-state index in [1.54, 1.807) is 29.2 Å². The number of halogens is 1. The van der Waals surface area contributed by atoms with Crippen LogP contribution in [0.3, 0.4) is 0 Å². The number of amides is 1. The van der Waals surface area contributed by atoms with E-state index in [9.17, 15) is 4.79 Å². The number of hydrogen-bond donors (Lipinski definition) is 3. The first-order valence-electron chi connectivity index (χ1n) is 11.3. The molecule has 4 heterocycles. The number of nitrogens with one attached hydrogen (secondary N) is 2. The van der Waals surface area contributed by atoms with Crippen molar-refractivity contribution in [1.82, 2.24) is 25.0 Å². The molecule has 2 aliphatic rings. The van der Waals surface area contributed by atoms with Gasteiger partial charge in [-0.2, -0.15) is 5.10 Å². The first-order valence-corrected chi connectivity index (χ1v) is 11.3. The smallest absolute Gasteiger partial charge is 0.237 e. The Labute approximate surface area is 199 Å². The van der Waals surface area contributed by atoms with Gasteiger partial charge in [0.1, 0.15) is 17.8 Å². The molecular weight excluding hydrogens is 451 g/mol. The molecule has 10 nitrogen and oxygen atoms in total. The maximum absolute atomic E-state index is 15.3. The Morgan fingerprint density at radius 1 is 1.29 bits per heavy atom. The summed E-state index contributed by atoms with van der Waals surface area (Å²) < 4.78 is 22.6. The van der Waals surface area contributed by atoms with Gasteiger partial charge in [0.15, 0.2) is 11.6 Å². The Kier molecular flexibility index (Phi) is 4.80. The number of fused-ring (bicyclic) bond motifs is 2. The number of ether oxygens (including phenoxy) is 1. The number of nitrogens with zero attached hydrogens (tertiary/aromatic N) is 5. The number of nitrogens with two attached hydrogens (primary N) is 1. The number of hydrogen-bond acceptors (Lipinski definition) is 8. The Morgan fingerprint density at radius 3 is 2.94 bits per heavy atom. The number of rotatable bonds is 4. The summed E-state index contributed by atoms with van der Waals surface area (Å²) in [6, 6.07) is 3.31. The Balaban J connectivity index is 1.31. The minimum atomic E-state index is -0.595. The average Bonchev–Trinajstić information content (AvgIpc) is 3.55. The van der Waals surface area contributed by atoms with Crippen LogP contribution in [0.25, 0.3) is 22.0 Å². The predicted molar refractivity (Wildman–Crippen MR) is 129 cm³/mol. The summed E-state index contributed by atoms with van der Waals surface area (Å²) in [5, 5.41) is 19.0. The average molecular weight is 475 g/mol. The molecule has 1 fully saturated rings. The van der Waals surface area contributed by atoms with Crippen LogP contribution in [-0.4, -0.2) is 44.0 Å². The minimum Gasteiger partial charge on any atom is -0.474 e. The molecule has 0 spiro atoms. The first kappa shape index (κ1) is 21.3.